The van der Waals surface area contributed by atoms with Gasteiger partial charge in [-0.1, -0.05) is 31.2 Å². The number of halogens is 1. The highest BCUT2D eigenvalue weighted by molar-refractivity contribution is 6.02. The predicted octanol–water partition coefficient (Wildman–Crippen LogP) is 4.07. The van der Waals surface area contributed by atoms with Crippen molar-refractivity contribution in [3.8, 4) is 17.2 Å². The summed E-state index contributed by atoms with van der Waals surface area (Å²) >= 11 is 0. The highest BCUT2D eigenvalue weighted by Crippen LogP contribution is 2.48. The first-order valence-corrected chi connectivity index (χ1v) is 11.9. The summed E-state index contributed by atoms with van der Waals surface area (Å²) in [6, 6.07) is 12.9. The quantitative estimate of drug-likeness (QED) is 0.412. The van der Waals surface area contributed by atoms with E-state index in [9.17, 15) is 9.59 Å². The molecule has 8 heteroatoms. The average molecular weight is 473 g/mol. The molecule has 2 aliphatic rings. The summed E-state index contributed by atoms with van der Waals surface area (Å²) < 4.78 is 23.8. The first kappa shape index (κ1) is 21.6. The highest BCUT2D eigenvalue weighted by Gasteiger charge is 2.32. The second-order valence-electron chi connectivity index (χ2n) is 9.19. The van der Waals surface area contributed by atoms with E-state index in [0.717, 1.165) is 23.6 Å². The number of hydrogen-bond acceptors (Lipinski definition) is 5. The van der Waals surface area contributed by atoms with Gasteiger partial charge < -0.3 is 25.3 Å². The number of anilines is 1. The van der Waals surface area contributed by atoms with Gasteiger partial charge in [-0.3, -0.25) is 9.59 Å². The number of amides is 1. The lowest BCUT2D eigenvalue weighted by atomic mass is 10.0. The van der Waals surface area contributed by atoms with Crippen molar-refractivity contribution in [1.29, 1.82) is 0 Å². The number of carbonyl (C=O) groups is 1. The van der Waals surface area contributed by atoms with Gasteiger partial charge in [0.1, 0.15) is 16.8 Å². The fourth-order valence-corrected chi connectivity index (χ4v) is 5.07. The van der Waals surface area contributed by atoms with Crippen molar-refractivity contribution < 1.29 is 13.9 Å². The Kier molecular flexibility index (Phi) is 5.00. The Bertz CT molecular complexity index is 1580. The lowest BCUT2D eigenvalue weighted by Gasteiger charge is -2.29. The number of nitrogens with one attached hydrogen (secondary N) is 1. The topological polar surface area (TPSA) is 89.6 Å². The normalized spacial score (nSPS) is 16.4. The average Bonchev–Trinajstić information content (AvgIpc) is 3.28. The molecule has 0 bridgehead atoms. The number of fused-ring (bicyclic) bond motifs is 3. The molecule has 1 fully saturated rings. The van der Waals surface area contributed by atoms with Crippen LogP contribution in [0.25, 0.3) is 27.4 Å². The van der Waals surface area contributed by atoms with E-state index in [1.807, 2.05) is 48.2 Å². The smallest absolute Gasteiger partial charge is 0.256 e. The van der Waals surface area contributed by atoms with Gasteiger partial charge in [0, 0.05) is 31.9 Å². The van der Waals surface area contributed by atoms with Crippen molar-refractivity contribution in [1.82, 2.24) is 9.88 Å². The number of ether oxygens (including phenoxy) is 1. The second-order valence-corrected chi connectivity index (χ2v) is 9.19. The third kappa shape index (κ3) is 3.36. The van der Waals surface area contributed by atoms with Gasteiger partial charge in [0.05, 0.1) is 11.1 Å². The van der Waals surface area contributed by atoms with Gasteiger partial charge in [0.15, 0.2) is 17.3 Å². The van der Waals surface area contributed by atoms with Crippen LogP contribution in [0.15, 0.2) is 53.5 Å². The molecule has 1 saturated heterocycles. The van der Waals surface area contributed by atoms with Gasteiger partial charge in [0.25, 0.3) is 5.91 Å². The molecule has 0 saturated carbocycles. The van der Waals surface area contributed by atoms with Crippen molar-refractivity contribution in [3.63, 3.8) is 0 Å². The van der Waals surface area contributed by atoms with Crippen molar-refractivity contribution in [2.24, 2.45) is 5.73 Å². The number of carbonyl (C=O) groups excluding carboxylic acids is 1. The Hall–Kier alpha value is -3.91. The Labute approximate surface area is 200 Å². The number of nitrogens with zero attached hydrogens (tertiary/aromatic N) is 2. The zero-order chi connectivity index (χ0) is 24.3. The molecule has 1 aromatic heterocycles. The molecule has 6 rings (SSSR count). The Morgan fingerprint density at radius 3 is 2.71 bits per heavy atom. The summed E-state index contributed by atoms with van der Waals surface area (Å²) in [5.41, 5.74) is 6.97. The molecule has 2 aliphatic heterocycles. The molecule has 1 unspecified atom stereocenters. The van der Waals surface area contributed by atoms with Crippen molar-refractivity contribution in [2.75, 3.05) is 24.5 Å². The minimum atomic E-state index is -0.569. The summed E-state index contributed by atoms with van der Waals surface area (Å²) in [6.45, 7) is 3.45. The highest BCUT2D eigenvalue weighted by atomic mass is 19.1. The maximum Gasteiger partial charge on any atom is 0.256 e. The zero-order valence-corrected chi connectivity index (χ0v) is 19.3. The zero-order valence-electron chi connectivity index (χ0n) is 19.3. The molecule has 3 aromatic carbocycles. The summed E-state index contributed by atoms with van der Waals surface area (Å²) in [5.74, 6) is -0.251. The van der Waals surface area contributed by atoms with Crippen LogP contribution in [-0.4, -0.2) is 36.2 Å². The monoisotopic (exact) mass is 472 g/mol. The molecule has 178 valence electrons. The van der Waals surface area contributed by atoms with E-state index in [-0.39, 0.29) is 22.7 Å². The van der Waals surface area contributed by atoms with E-state index in [1.165, 1.54) is 6.07 Å². The van der Waals surface area contributed by atoms with Crippen LogP contribution < -0.4 is 26.1 Å². The maximum atomic E-state index is 15.6. The van der Waals surface area contributed by atoms with Gasteiger partial charge in [-0.15, -0.1) is 0 Å². The van der Waals surface area contributed by atoms with E-state index in [2.05, 4.69) is 5.32 Å². The lowest BCUT2D eigenvalue weighted by Crippen LogP contribution is -2.31. The number of nitrogens with two attached hydrogens (primary N) is 1. The molecular formula is C27H25FN4O3. The Morgan fingerprint density at radius 1 is 1.23 bits per heavy atom. The lowest BCUT2D eigenvalue weighted by molar-refractivity contribution is 0.0952. The van der Waals surface area contributed by atoms with Gasteiger partial charge in [0.2, 0.25) is 5.43 Å². The van der Waals surface area contributed by atoms with Gasteiger partial charge >= 0.3 is 0 Å². The minimum absolute atomic E-state index is 0.0340. The SMILES string of the molecule is CCCNC(=O)c1cn2c3c(c(N4CCC(N)C4)c(F)cc3c1=O)Oc1cc3ccccc3cc1-2. The van der Waals surface area contributed by atoms with Crippen LogP contribution in [0.3, 0.4) is 0 Å². The van der Waals surface area contributed by atoms with Crippen LogP contribution >= 0.6 is 0 Å². The molecule has 1 amide bonds. The maximum absolute atomic E-state index is 15.6. The molecule has 4 aromatic rings. The predicted molar refractivity (Wildman–Crippen MR) is 135 cm³/mol. The molecule has 1 atom stereocenters. The summed E-state index contributed by atoms with van der Waals surface area (Å²) in [4.78, 5) is 28.2. The number of hydrogen-bond donors (Lipinski definition) is 2. The number of benzene rings is 3. The van der Waals surface area contributed by atoms with Gasteiger partial charge in [-0.05, 0) is 41.8 Å². The van der Waals surface area contributed by atoms with E-state index in [4.69, 9.17) is 10.5 Å². The minimum Gasteiger partial charge on any atom is -0.451 e. The van der Waals surface area contributed by atoms with Crippen LogP contribution in [0.1, 0.15) is 30.1 Å². The van der Waals surface area contributed by atoms with E-state index < -0.39 is 17.2 Å². The number of rotatable bonds is 4. The molecule has 3 N–H and O–H groups in total. The van der Waals surface area contributed by atoms with Crippen LogP contribution in [0.4, 0.5) is 10.1 Å². The van der Waals surface area contributed by atoms with Crippen LogP contribution in [-0.2, 0) is 0 Å². The summed E-state index contributed by atoms with van der Waals surface area (Å²) in [5, 5.41) is 4.82. The van der Waals surface area contributed by atoms with Crippen molar-refractivity contribution >= 4 is 33.3 Å². The van der Waals surface area contributed by atoms with E-state index in [0.29, 0.717) is 42.3 Å². The van der Waals surface area contributed by atoms with Crippen LogP contribution in [0.2, 0.25) is 0 Å². The first-order valence-electron chi connectivity index (χ1n) is 11.9. The standard InChI is InChI=1S/C27H25FN4O3/c1-2-8-30-27(34)19-14-32-21-10-15-5-3-4-6-16(15)11-22(21)35-26-23(32)18(25(19)33)12-20(28)24(26)31-9-7-17(29)13-31/h3-6,10-12,14,17H,2,7-9,13,29H2,1H3,(H,30,34). The second kappa shape index (κ2) is 8.09. The summed E-state index contributed by atoms with van der Waals surface area (Å²) in [7, 11) is 0. The Morgan fingerprint density at radius 2 is 2.00 bits per heavy atom. The molecule has 3 heterocycles. The van der Waals surface area contributed by atoms with Crippen LogP contribution in [0, 0.1) is 5.82 Å². The molecule has 35 heavy (non-hydrogen) atoms. The third-order valence-corrected chi connectivity index (χ3v) is 6.79. The first-order chi connectivity index (χ1) is 17.0. The van der Waals surface area contributed by atoms with E-state index in [1.54, 1.807) is 10.8 Å². The van der Waals surface area contributed by atoms with Gasteiger partial charge in [-0.25, -0.2) is 4.39 Å². The van der Waals surface area contributed by atoms with Crippen LogP contribution in [0.5, 0.6) is 11.5 Å². The summed E-state index contributed by atoms with van der Waals surface area (Å²) in [6.07, 6.45) is 3.02. The fourth-order valence-electron chi connectivity index (χ4n) is 5.07. The van der Waals surface area contributed by atoms with Crippen molar-refractivity contribution in [3.05, 3.63) is 70.3 Å². The number of aromatic nitrogens is 1. The fraction of sp³-hybridized carbons (Fsp3) is 0.259. The van der Waals surface area contributed by atoms with E-state index >= 15 is 4.39 Å². The largest absolute Gasteiger partial charge is 0.451 e. The molecule has 0 radical (unpaired) electrons. The molecule has 0 aliphatic carbocycles. The molecule has 7 nitrogen and oxygen atoms in total. The third-order valence-electron chi connectivity index (χ3n) is 6.79. The van der Waals surface area contributed by atoms with Crippen molar-refractivity contribution in [2.45, 2.75) is 25.8 Å². The molecular weight excluding hydrogens is 447 g/mol. The molecule has 0 spiro atoms. The number of pyridine rings is 1. The van der Waals surface area contributed by atoms with Gasteiger partial charge in [-0.2, -0.15) is 0 Å². The Balaban J connectivity index is 1.68.